The minimum Gasteiger partial charge on any atom is -0.476 e. The number of esters is 1. The van der Waals surface area contributed by atoms with Crippen molar-refractivity contribution in [2.45, 2.75) is 58.5 Å². The second kappa shape index (κ2) is 10.9. The van der Waals surface area contributed by atoms with E-state index in [1.807, 2.05) is 56.5 Å². The van der Waals surface area contributed by atoms with Crippen molar-refractivity contribution < 1.29 is 19.1 Å². The van der Waals surface area contributed by atoms with Gasteiger partial charge in [-0.05, 0) is 75.6 Å². The number of Topliss-reactive ketones (excluding diaryl/α,β-unsaturated/α-hetero) is 1. The van der Waals surface area contributed by atoms with E-state index in [4.69, 9.17) is 9.47 Å². The van der Waals surface area contributed by atoms with Crippen molar-refractivity contribution in [3.63, 3.8) is 0 Å². The molecular weight excluding hydrogens is 408 g/mol. The Morgan fingerprint density at radius 1 is 1.06 bits per heavy atom. The molecule has 0 spiro atoms. The maximum Gasteiger partial charge on any atom is 0.349 e. The van der Waals surface area contributed by atoms with E-state index in [0.29, 0.717) is 12.4 Å². The summed E-state index contributed by atoms with van der Waals surface area (Å²) in [6.07, 6.45) is 2.82. The molecule has 168 valence electrons. The molecule has 0 amide bonds. The van der Waals surface area contributed by atoms with E-state index < -0.39 is 5.60 Å². The fraction of sp³-hybridized carbons (Fsp3) is 0.462. The van der Waals surface area contributed by atoms with E-state index in [0.717, 1.165) is 28.0 Å². The molecule has 0 aliphatic heterocycles. The first kappa shape index (κ1) is 25.0. The molecule has 0 radical (unpaired) electrons. The highest BCUT2D eigenvalue weighted by atomic mass is 32.2. The lowest BCUT2D eigenvalue weighted by molar-refractivity contribution is -0.158. The molecule has 0 saturated carbocycles. The standard InChI is InChI=1S/C26H34O4S/c1-8-29-25(28)26(5,6)30-23-14-9-20(16-18(23)3)15-17(2)19(4)24(27)21-10-12-22(31-7)13-11-21/h9-14,16-17,19H,8,15H2,1-7H3/t17-,19?/m1/s1. The van der Waals surface area contributed by atoms with Crippen LogP contribution in [0.1, 0.15) is 56.1 Å². The normalized spacial score (nSPS) is 13.4. The fourth-order valence-electron chi connectivity index (χ4n) is 3.40. The molecule has 2 atom stereocenters. The van der Waals surface area contributed by atoms with Crippen LogP contribution in [0.15, 0.2) is 47.4 Å². The number of carbonyl (C=O) groups is 2. The summed E-state index contributed by atoms with van der Waals surface area (Å²) in [5.74, 6) is 0.555. The van der Waals surface area contributed by atoms with Crippen molar-refractivity contribution in [1.29, 1.82) is 0 Å². The molecule has 0 aliphatic rings. The van der Waals surface area contributed by atoms with Crippen molar-refractivity contribution in [2.24, 2.45) is 11.8 Å². The first-order chi connectivity index (χ1) is 14.6. The summed E-state index contributed by atoms with van der Waals surface area (Å²) in [6, 6.07) is 13.8. The van der Waals surface area contributed by atoms with Crippen molar-refractivity contribution >= 4 is 23.5 Å². The quantitative estimate of drug-likeness (QED) is 0.251. The van der Waals surface area contributed by atoms with Gasteiger partial charge in [-0.3, -0.25) is 4.79 Å². The number of ether oxygens (including phenoxy) is 2. The van der Waals surface area contributed by atoms with Crippen LogP contribution in [0.4, 0.5) is 0 Å². The molecule has 0 aromatic heterocycles. The second-order valence-electron chi connectivity index (χ2n) is 8.50. The number of benzene rings is 2. The van der Waals surface area contributed by atoms with Gasteiger partial charge in [0.15, 0.2) is 11.4 Å². The van der Waals surface area contributed by atoms with Gasteiger partial charge in [0.05, 0.1) is 6.61 Å². The summed E-state index contributed by atoms with van der Waals surface area (Å²) < 4.78 is 11.0. The van der Waals surface area contributed by atoms with Crippen LogP contribution < -0.4 is 4.74 Å². The minimum atomic E-state index is -1.05. The first-order valence-corrected chi connectivity index (χ1v) is 12.0. The predicted molar refractivity (Wildman–Crippen MR) is 127 cm³/mol. The summed E-state index contributed by atoms with van der Waals surface area (Å²) in [5.41, 5.74) is 1.80. The number of hydrogen-bond acceptors (Lipinski definition) is 5. The third kappa shape index (κ3) is 6.60. The molecule has 1 unspecified atom stereocenters. The maximum absolute atomic E-state index is 12.9. The Labute approximate surface area is 190 Å². The van der Waals surface area contributed by atoms with Crippen LogP contribution in [-0.4, -0.2) is 30.2 Å². The molecule has 0 bridgehead atoms. The van der Waals surface area contributed by atoms with Gasteiger partial charge in [-0.2, -0.15) is 0 Å². The van der Waals surface area contributed by atoms with Gasteiger partial charge in [-0.15, -0.1) is 11.8 Å². The molecule has 0 saturated heterocycles. The Kier molecular flexibility index (Phi) is 8.75. The topological polar surface area (TPSA) is 52.6 Å². The van der Waals surface area contributed by atoms with Gasteiger partial charge in [-0.1, -0.05) is 38.1 Å². The minimum absolute atomic E-state index is 0.0842. The summed E-state index contributed by atoms with van der Waals surface area (Å²) in [5, 5.41) is 0. The number of hydrogen-bond donors (Lipinski definition) is 0. The number of carbonyl (C=O) groups excluding carboxylic acids is 2. The van der Waals surface area contributed by atoms with Gasteiger partial charge in [0, 0.05) is 16.4 Å². The molecule has 0 N–H and O–H groups in total. The van der Waals surface area contributed by atoms with Gasteiger partial charge in [-0.25, -0.2) is 4.79 Å². The van der Waals surface area contributed by atoms with E-state index in [1.54, 1.807) is 32.5 Å². The van der Waals surface area contributed by atoms with E-state index in [2.05, 4.69) is 13.0 Å². The number of aryl methyl sites for hydroxylation is 1. The second-order valence-corrected chi connectivity index (χ2v) is 9.38. The van der Waals surface area contributed by atoms with Crippen LogP contribution in [0, 0.1) is 18.8 Å². The molecule has 5 heteroatoms. The van der Waals surface area contributed by atoms with E-state index >= 15 is 0 Å². The molecule has 2 rings (SSSR count). The van der Waals surface area contributed by atoms with Gasteiger partial charge >= 0.3 is 5.97 Å². The fourth-order valence-corrected chi connectivity index (χ4v) is 3.81. The zero-order valence-electron chi connectivity index (χ0n) is 19.7. The molecule has 31 heavy (non-hydrogen) atoms. The van der Waals surface area contributed by atoms with Gasteiger partial charge in [0.25, 0.3) is 0 Å². The highest BCUT2D eigenvalue weighted by molar-refractivity contribution is 7.98. The largest absolute Gasteiger partial charge is 0.476 e. The summed E-state index contributed by atoms with van der Waals surface area (Å²) in [4.78, 5) is 26.2. The van der Waals surface area contributed by atoms with Crippen molar-refractivity contribution in [3.8, 4) is 5.75 Å². The Morgan fingerprint density at radius 3 is 2.26 bits per heavy atom. The van der Waals surface area contributed by atoms with Crippen molar-refractivity contribution in [1.82, 2.24) is 0 Å². The zero-order chi connectivity index (χ0) is 23.2. The third-order valence-electron chi connectivity index (χ3n) is 5.57. The zero-order valence-corrected chi connectivity index (χ0v) is 20.5. The third-order valence-corrected chi connectivity index (χ3v) is 6.31. The Balaban J connectivity index is 2.06. The average Bonchev–Trinajstić information content (AvgIpc) is 2.74. The lowest BCUT2D eigenvalue weighted by atomic mass is 9.84. The summed E-state index contributed by atoms with van der Waals surface area (Å²) in [6.45, 7) is 11.6. The van der Waals surface area contributed by atoms with E-state index in [1.165, 1.54) is 0 Å². The van der Waals surface area contributed by atoms with Crippen LogP contribution in [0.3, 0.4) is 0 Å². The smallest absolute Gasteiger partial charge is 0.349 e. The first-order valence-electron chi connectivity index (χ1n) is 10.7. The highest BCUT2D eigenvalue weighted by Gasteiger charge is 2.32. The predicted octanol–water partition coefficient (Wildman–Crippen LogP) is 6.14. The molecule has 2 aromatic rings. The van der Waals surface area contributed by atoms with Crippen molar-refractivity contribution in [2.75, 3.05) is 12.9 Å². The lowest BCUT2D eigenvalue weighted by Crippen LogP contribution is -2.39. The van der Waals surface area contributed by atoms with Crippen molar-refractivity contribution in [3.05, 3.63) is 59.2 Å². The number of ketones is 1. The van der Waals surface area contributed by atoms with Crippen LogP contribution in [0.25, 0.3) is 0 Å². The van der Waals surface area contributed by atoms with Crippen LogP contribution >= 0.6 is 11.8 Å². The van der Waals surface area contributed by atoms with Gasteiger partial charge < -0.3 is 9.47 Å². The SMILES string of the molecule is CCOC(=O)C(C)(C)Oc1ccc(C[C@@H](C)C(C)C(=O)c2ccc(SC)cc2)cc1C. The lowest BCUT2D eigenvalue weighted by Gasteiger charge is -2.25. The monoisotopic (exact) mass is 442 g/mol. The number of rotatable bonds is 10. The molecule has 0 heterocycles. The van der Waals surface area contributed by atoms with Crippen LogP contribution in [0.5, 0.6) is 5.75 Å². The Hall–Kier alpha value is -2.27. The van der Waals surface area contributed by atoms with Gasteiger partial charge in [0.2, 0.25) is 0 Å². The Morgan fingerprint density at radius 2 is 1.71 bits per heavy atom. The van der Waals surface area contributed by atoms with Crippen LogP contribution in [-0.2, 0) is 16.0 Å². The van der Waals surface area contributed by atoms with Gasteiger partial charge in [0.1, 0.15) is 5.75 Å². The molecular formula is C26H34O4S. The molecule has 0 fully saturated rings. The maximum atomic E-state index is 12.9. The molecule has 2 aromatic carbocycles. The Bertz CT molecular complexity index is 902. The number of thioether (sulfide) groups is 1. The van der Waals surface area contributed by atoms with Crippen LogP contribution in [0.2, 0.25) is 0 Å². The summed E-state index contributed by atoms with van der Waals surface area (Å²) in [7, 11) is 0. The average molecular weight is 443 g/mol. The summed E-state index contributed by atoms with van der Waals surface area (Å²) >= 11 is 1.67. The molecule has 0 aliphatic carbocycles. The van der Waals surface area contributed by atoms with E-state index in [-0.39, 0.29) is 23.6 Å². The van der Waals surface area contributed by atoms with E-state index in [9.17, 15) is 9.59 Å². The molecule has 4 nitrogen and oxygen atoms in total. The highest BCUT2D eigenvalue weighted by Crippen LogP contribution is 2.28.